The molecule has 5 nitrogen and oxygen atoms in total. The average Bonchev–Trinajstić information content (AvgIpc) is 2.72. The van der Waals surface area contributed by atoms with Crippen LogP contribution in [-0.2, 0) is 4.79 Å². The first kappa shape index (κ1) is 12.1. The third kappa shape index (κ3) is 2.34. The van der Waals surface area contributed by atoms with Crippen LogP contribution in [-0.4, -0.2) is 36.0 Å². The van der Waals surface area contributed by atoms with Crippen molar-refractivity contribution in [3.8, 4) is 0 Å². The second-order valence-electron chi connectivity index (χ2n) is 4.51. The largest absolute Gasteiger partial charge is 0.359 e. The molecule has 6 heteroatoms. The Balaban J connectivity index is 2.15. The van der Waals surface area contributed by atoms with Gasteiger partial charge in [-0.05, 0) is 13.3 Å². The van der Waals surface area contributed by atoms with Crippen molar-refractivity contribution in [1.82, 2.24) is 15.3 Å². The number of nitrogens with one attached hydrogen (secondary N) is 1. The minimum absolute atomic E-state index is 0.0648. The Kier molecular flexibility index (Phi) is 3.19. The van der Waals surface area contributed by atoms with Crippen LogP contribution in [0.5, 0.6) is 0 Å². The lowest BCUT2D eigenvalue weighted by Crippen LogP contribution is -2.39. The highest BCUT2D eigenvalue weighted by atomic mass is 35.5. The third-order valence-corrected chi connectivity index (χ3v) is 3.35. The van der Waals surface area contributed by atoms with Gasteiger partial charge in [0.15, 0.2) is 0 Å². The van der Waals surface area contributed by atoms with Crippen molar-refractivity contribution in [3.05, 3.63) is 17.5 Å². The molecule has 2 rings (SSSR count). The van der Waals surface area contributed by atoms with Gasteiger partial charge in [0, 0.05) is 20.1 Å². The van der Waals surface area contributed by atoms with Crippen molar-refractivity contribution in [2.75, 3.05) is 25.0 Å². The van der Waals surface area contributed by atoms with Gasteiger partial charge in [0.2, 0.25) is 5.91 Å². The molecule has 0 saturated carbocycles. The minimum atomic E-state index is -0.362. The van der Waals surface area contributed by atoms with Gasteiger partial charge in [-0.3, -0.25) is 9.78 Å². The quantitative estimate of drug-likeness (QED) is 0.859. The van der Waals surface area contributed by atoms with Gasteiger partial charge in [-0.2, -0.15) is 0 Å². The molecular formula is C11H15ClN4O. The summed E-state index contributed by atoms with van der Waals surface area (Å²) in [6, 6.07) is 0. The molecule has 1 amide bonds. The van der Waals surface area contributed by atoms with E-state index in [4.69, 9.17) is 11.6 Å². The van der Waals surface area contributed by atoms with E-state index in [-0.39, 0.29) is 11.3 Å². The number of anilines is 1. The number of carbonyl (C=O) groups is 1. The van der Waals surface area contributed by atoms with Crippen molar-refractivity contribution >= 4 is 23.3 Å². The molecule has 1 unspecified atom stereocenters. The summed E-state index contributed by atoms with van der Waals surface area (Å²) < 4.78 is 0. The zero-order chi connectivity index (χ0) is 12.5. The average molecular weight is 255 g/mol. The van der Waals surface area contributed by atoms with Crippen molar-refractivity contribution < 1.29 is 4.79 Å². The fourth-order valence-electron chi connectivity index (χ4n) is 2.13. The van der Waals surface area contributed by atoms with Crippen molar-refractivity contribution in [2.24, 2.45) is 5.41 Å². The van der Waals surface area contributed by atoms with Crippen molar-refractivity contribution in [2.45, 2.75) is 13.3 Å². The maximum absolute atomic E-state index is 11.8. The van der Waals surface area contributed by atoms with Crippen LogP contribution in [0.3, 0.4) is 0 Å². The molecule has 1 N–H and O–H groups in total. The van der Waals surface area contributed by atoms with E-state index >= 15 is 0 Å². The van der Waals surface area contributed by atoms with Crippen LogP contribution in [0.2, 0.25) is 5.15 Å². The minimum Gasteiger partial charge on any atom is -0.359 e. The first-order valence-corrected chi connectivity index (χ1v) is 5.88. The third-order valence-electron chi connectivity index (χ3n) is 3.16. The van der Waals surface area contributed by atoms with Gasteiger partial charge >= 0.3 is 0 Å². The molecule has 92 valence electrons. The summed E-state index contributed by atoms with van der Waals surface area (Å²) >= 11 is 5.80. The van der Waals surface area contributed by atoms with E-state index in [1.54, 1.807) is 13.2 Å². The maximum Gasteiger partial charge on any atom is 0.227 e. The van der Waals surface area contributed by atoms with Crippen LogP contribution in [0, 0.1) is 5.41 Å². The fraction of sp³-hybridized carbons (Fsp3) is 0.545. The summed E-state index contributed by atoms with van der Waals surface area (Å²) in [6.45, 7) is 3.39. The number of aromatic nitrogens is 2. The molecule has 0 spiro atoms. The van der Waals surface area contributed by atoms with Gasteiger partial charge < -0.3 is 10.2 Å². The molecule has 0 radical (unpaired) electrons. The van der Waals surface area contributed by atoms with E-state index in [1.807, 2.05) is 11.8 Å². The van der Waals surface area contributed by atoms with Crippen molar-refractivity contribution in [3.63, 3.8) is 0 Å². The molecule has 1 aliphatic rings. The molecular weight excluding hydrogens is 240 g/mol. The Bertz CT molecular complexity index is 439. The summed E-state index contributed by atoms with van der Waals surface area (Å²) in [5.74, 6) is 0.792. The summed E-state index contributed by atoms with van der Waals surface area (Å²) in [6.07, 6.45) is 3.97. The smallest absolute Gasteiger partial charge is 0.227 e. The zero-order valence-electron chi connectivity index (χ0n) is 9.90. The lowest BCUT2D eigenvalue weighted by Gasteiger charge is -2.23. The lowest BCUT2D eigenvalue weighted by molar-refractivity contribution is -0.128. The van der Waals surface area contributed by atoms with E-state index in [0.29, 0.717) is 11.7 Å². The van der Waals surface area contributed by atoms with Crippen LogP contribution < -0.4 is 10.2 Å². The van der Waals surface area contributed by atoms with Gasteiger partial charge in [0.05, 0.1) is 17.8 Å². The van der Waals surface area contributed by atoms with E-state index in [1.165, 1.54) is 6.20 Å². The fourth-order valence-corrected chi connectivity index (χ4v) is 2.27. The predicted octanol–water partition coefficient (Wildman–Crippen LogP) is 1.09. The van der Waals surface area contributed by atoms with E-state index in [0.717, 1.165) is 18.8 Å². The van der Waals surface area contributed by atoms with Crippen LogP contribution in [0.15, 0.2) is 12.4 Å². The van der Waals surface area contributed by atoms with Crippen LogP contribution in [0.1, 0.15) is 13.3 Å². The molecule has 1 aromatic heterocycles. The SMILES string of the molecule is CNC(=O)C1(C)CCN(c2cncc(Cl)n2)C1. The molecule has 1 saturated heterocycles. The molecule has 1 aliphatic heterocycles. The van der Waals surface area contributed by atoms with E-state index < -0.39 is 0 Å². The number of carbonyl (C=O) groups excluding carboxylic acids is 1. The maximum atomic E-state index is 11.8. The van der Waals surface area contributed by atoms with Crippen LogP contribution in [0.4, 0.5) is 5.82 Å². The number of hydrogen-bond donors (Lipinski definition) is 1. The van der Waals surface area contributed by atoms with E-state index in [2.05, 4.69) is 15.3 Å². The van der Waals surface area contributed by atoms with Crippen LogP contribution >= 0.6 is 11.6 Å². The van der Waals surface area contributed by atoms with Gasteiger partial charge in [0.25, 0.3) is 0 Å². The Hall–Kier alpha value is -1.36. The summed E-state index contributed by atoms with van der Waals surface area (Å²) in [7, 11) is 1.66. The standard InChI is InChI=1S/C11H15ClN4O/c1-11(10(17)13-2)3-4-16(7-11)9-6-14-5-8(12)15-9/h5-6H,3-4,7H2,1-2H3,(H,13,17). The lowest BCUT2D eigenvalue weighted by atomic mass is 9.89. The van der Waals surface area contributed by atoms with Crippen molar-refractivity contribution in [1.29, 1.82) is 0 Å². The summed E-state index contributed by atoms with van der Waals surface area (Å²) in [4.78, 5) is 22.0. The highest BCUT2D eigenvalue weighted by Gasteiger charge is 2.40. The molecule has 1 aromatic rings. The first-order chi connectivity index (χ1) is 8.05. The highest BCUT2D eigenvalue weighted by Crippen LogP contribution is 2.32. The molecule has 0 bridgehead atoms. The van der Waals surface area contributed by atoms with Gasteiger partial charge in [0.1, 0.15) is 11.0 Å². The number of rotatable bonds is 2. The Morgan fingerprint density at radius 2 is 2.35 bits per heavy atom. The Morgan fingerprint density at radius 3 is 3.00 bits per heavy atom. The van der Waals surface area contributed by atoms with Gasteiger partial charge in [-0.15, -0.1) is 0 Å². The second-order valence-corrected chi connectivity index (χ2v) is 4.90. The molecule has 17 heavy (non-hydrogen) atoms. The highest BCUT2D eigenvalue weighted by molar-refractivity contribution is 6.29. The monoisotopic (exact) mass is 254 g/mol. The second kappa shape index (κ2) is 4.49. The van der Waals surface area contributed by atoms with E-state index in [9.17, 15) is 4.79 Å². The molecule has 0 aromatic carbocycles. The van der Waals surface area contributed by atoms with Crippen LogP contribution in [0.25, 0.3) is 0 Å². The number of hydrogen-bond acceptors (Lipinski definition) is 4. The normalized spacial score (nSPS) is 23.8. The van der Waals surface area contributed by atoms with Gasteiger partial charge in [-0.1, -0.05) is 11.6 Å². The van der Waals surface area contributed by atoms with Gasteiger partial charge in [-0.25, -0.2) is 4.98 Å². The molecule has 1 atom stereocenters. The Morgan fingerprint density at radius 1 is 1.59 bits per heavy atom. The number of nitrogens with zero attached hydrogens (tertiary/aromatic N) is 3. The Labute approximate surface area is 105 Å². The molecule has 1 fully saturated rings. The predicted molar refractivity (Wildman–Crippen MR) is 66.0 cm³/mol. The molecule has 0 aliphatic carbocycles. The number of amides is 1. The summed E-state index contributed by atoms with van der Waals surface area (Å²) in [5.41, 5.74) is -0.362. The molecule has 2 heterocycles. The summed E-state index contributed by atoms with van der Waals surface area (Å²) in [5, 5.41) is 3.07. The first-order valence-electron chi connectivity index (χ1n) is 5.50. The zero-order valence-corrected chi connectivity index (χ0v) is 10.7. The topological polar surface area (TPSA) is 58.1 Å². The number of halogens is 1.